The number of ketones is 1. The number of ether oxygens (including phenoxy) is 1. The summed E-state index contributed by atoms with van der Waals surface area (Å²) in [6.45, 7) is 9.15. The lowest BCUT2D eigenvalue weighted by atomic mass is 9.89. The van der Waals surface area contributed by atoms with Crippen LogP contribution < -0.4 is 0 Å². The van der Waals surface area contributed by atoms with Crippen molar-refractivity contribution in [2.75, 3.05) is 0 Å². The first-order chi connectivity index (χ1) is 13.1. The van der Waals surface area contributed by atoms with Crippen molar-refractivity contribution in [1.29, 1.82) is 0 Å². The summed E-state index contributed by atoms with van der Waals surface area (Å²) in [6, 6.07) is 0. The van der Waals surface area contributed by atoms with Gasteiger partial charge in [0.05, 0.1) is 6.10 Å². The molecule has 0 amide bonds. The topological polar surface area (TPSA) is 121 Å². The Labute approximate surface area is 165 Å². The van der Waals surface area contributed by atoms with Crippen LogP contribution in [-0.4, -0.2) is 45.2 Å². The molecule has 1 rings (SSSR count). The van der Waals surface area contributed by atoms with E-state index in [0.29, 0.717) is 24.8 Å². The molecule has 4 atom stereocenters. The highest BCUT2D eigenvalue weighted by atomic mass is 16.5. The minimum Gasteiger partial charge on any atom is -0.511 e. The Hall–Kier alpha value is -2.41. The van der Waals surface area contributed by atoms with E-state index in [4.69, 9.17) is 4.74 Å². The highest BCUT2D eigenvalue weighted by molar-refractivity contribution is 6.19. The van der Waals surface area contributed by atoms with E-state index < -0.39 is 35.8 Å². The maximum atomic E-state index is 11.9. The molecule has 28 heavy (non-hydrogen) atoms. The molecule has 1 fully saturated rings. The number of hydrogen-bond acceptors (Lipinski definition) is 6. The summed E-state index contributed by atoms with van der Waals surface area (Å²) in [6.07, 6.45) is 3.05. The molecule has 7 heteroatoms. The maximum absolute atomic E-state index is 11.9. The van der Waals surface area contributed by atoms with Crippen molar-refractivity contribution in [2.45, 2.75) is 65.1 Å². The van der Waals surface area contributed by atoms with Gasteiger partial charge < -0.3 is 20.1 Å². The maximum Gasteiger partial charge on any atom is 0.345 e. The van der Waals surface area contributed by atoms with Crippen molar-refractivity contribution < 1.29 is 34.4 Å². The average Bonchev–Trinajstić information content (AvgIpc) is 2.61. The summed E-state index contributed by atoms with van der Waals surface area (Å²) in [5.74, 6) is -3.81. The number of hydrogen-bond donors (Lipinski definition) is 3. The van der Waals surface area contributed by atoms with Crippen molar-refractivity contribution >= 4 is 17.7 Å². The monoisotopic (exact) mass is 394 g/mol. The number of carbonyl (C=O) groups is 3. The van der Waals surface area contributed by atoms with Gasteiger partial charge in [-0.15, -0.1) is 0 Å². The lowest BCUT2D eigenvalue weighted by Crippen LogP contribution is -2.31. The zero-order valence-electron chi connectivity index (χ0n) is 16.7. The SMILES string of the molecule is C=C(C/C=C/[C@@H](C(=O)O)[C@H](O)[C@@H](C)CC)CCC(O)=C1C(=O)C[C@@H](C)OC1=O. The van der Waals surface area contributed by atoms with E-state index in [1.807, 2.05) is 6.92 Å². The Kier molecular flexibility index (Phi) is 9.12. The molecule has 1 heterocycles. The molecular formula is C21H30O7. The smallest absolute Gasteiger partial charge is 0.345 e. The van der Waals surface area contributed by atoms with Crippen LogP contribution in [0.1, 0.15) is 52.9 Å². The minimum atomic E-state index is -1.10. The second-order valence-electron chi connectivity index (χ2n) is 7.29. The highest BCUT2D eigenvalue weighted by Gasteiger charge is 2.32. The van der Waals surface area contributed by atoms with Gasteiger partial charge in [-0.1, -0.05) is 44.6 Å². The Morgan fingerprint density at radius 3 is 2.50 bits per heavy atom. The summed E-state index contributed by atoms with van der Waals surface area (Å²) in [5.41, 5.74) is 0.389. The fourth-order valence-electron chi connectivity index (χ4n) is 2.88. The van der Waals surface area contributed by atoms with Gasteiger partial charge in [-0.25, -0.2) is 4.79 Å². The van der Waals surface area contributed by atoms with Crippen LogP contribution >= 0.6 is 0 Å². The predicted octanol–water partition coefficient (Wildman–Crippen LogP) is 3.09. The number of carboxylic acids is 1. The quantitative estimate of drug-likeness (QED) is 0.171. The Morgan fingerprint density at radius 1 is 1.32 bits per heavy atom. The van der Waals surface area contributed by atoms with Gasteiger partial charge in [0.2, 0.25) is 0 Å². The van der Waals surface area contributed by atoms with Gasteiger partial charge in [0.1, 0.15) is 23.4 Å². The molecule has 0 unspecified atom stereocenters. The zero-order chi connectivity index (χ0) is 21.4. The van der Waals surface area contributed by atoms with Crippen molar-refractivity contribution in [3.63, 3.8) is 0 Å². The average molecular weight is 394 g/mol. The predicted molar refractivity (Wildman–Crippen MR) is 104 cm³/mol. The molecule has 1 aliphatic heterocycles. The van der Waals surface area contributed by atoms with Gasteiger partial charge in [-0.05, 0) is 25.7 Å². The Bertz CT molecular complexity index is 654. The van der Waals surface area contributed by atoms with E-state index in [1.54, 1.807) is 19.9 Å². The molecule has 1 saturated heterocycles. The third kappa shape index (κ3) is 6.64. The number of allylic oxidation sites excluding steroid dienone is 3. The van der Waals surface area contributed by atoms with Crippen LogP contribution in [0.15, 0.2) is 35.6 Å². The number of esters is 1. The summed E-state index contributed by atoms with van der Waals surface area (Å²) >= 11 is 0. The third-order valence-corrected chi connectivity index (χ3v) is 4.90. The number of aliphatic hydroxyl groups is 2. The molecule has 1 aliphatic rings. The van der Waals surface area contributed by atoms with Gasteiger partial charge >= 0.3 is 11.9 Å². The Balaban J connectivity index is 2.63. The summed E-state index contributed by atoms with van der Waals surface area (Å²) in [4.78, 5) is 35.1. The first-order valence-electron chi connectivity index (χ1n) is 9.48. The fraction of sp³-hybridized carbons (Fsp3) is 0.571. The lowest BCUT2D eigenvalue weighted by molar-refractivity contribution is -0.150. The third-order valence-electron chi connectivity index (χ3n) is 4.90. The lowest BCUT2D eigenvalue weighted by Gasteiger charge is -2.21. The second-order valence-corrected chi connectivity index (χ2v) is 7.29. The van der Waals surface area contributed by atoms with Gasteiger partial charge in [0, 0.05) is 12.8 Å². The van der Waals surface area contributed by atoms with Crippen LogP contribution in [0.25, 0.3) is 0 Å². The van der Waals surface area contributed by atoms with Crippen molar-refractivity contribution in [3.05, 3.63) is 35.6 Å². The van der Waals surface area contributed by atoms with Crippen LogP contribution in [0.2, 0.25) is 0 Å². The molecule has 3 N–H and O–H groups in total. The standard InChI is InChI=1S/C21H30O7/c1-5-13(3)19(24)15(20(25)26)8-6-7-12(2)9-10-16(22)18-17(23)11-14(4)28-21(18)27/h6,8,13-15,19,22,24H,2,5,7,9-11H2,1,3-4H3,(H,25,26)/b8-6+,18-16?/t13-,14+,15+,19+/m0/s1. The molecular weight excluding hydrogens is 364 g/mol. The van der Waals surface area contributed by atoms with E-state index in [1.165, 1.54) is 6.08 Å². The highest BCUT2D eigenvalue weighted by Crippen LogP contribution is 2.23. The number of rotatable bonds is 10. The summed E-state index contributed by atoms with van der Waals surface area (Å²) < 4.78 is 4.97. The van der Waals surface area contributed by atoms with E-state index in [-0.39, 0.29) is 30.1 Å². The van der Waals surface area contributed by atoms with Gasteiger partial charge in [-0.2, -0.15) is 0 Å². The van der Waals surface area contributed by atoms with E-state index in [9.17, 15) is 29.7 Å². The van der Waals surface area contributed by atoms with E-state index in [0.717, 1.165) is 0 Å². The fourth-order valence-corrected chi connectivity index (χ4v) is 2.88. The molecule has 0 bridgehead atoms. The van der Waals surface area contributed by atoms with Crippen LogP contribution in [0.3, 0.4) is 0 Å². The molecule has 7 nitrogen and oxygen atoms in total. The Morgan fingerprint density at radius 2 is 1.96 bits per heavy atom. The number of Topliss-reactive ketones (excluding diaryl/α,β-unsaturated/α-hetero) is 1. The van der Waals surface area contributed by atoms with Crippen LogP contribution in [0.4, 0.5) is 0 Å². The minimum absolute atomic E-state index is 0.0455. The molecule has 0 radical (unpaired) electrons. The first-order valence-corrected chi connectivity index (χ1v) is 9.48. The summed E-state index contributed by atoms with van der Waals surface area (Å²) in [7, 11) is 0. The van der Waals surface area contributed by atoms with E-state index in [2.05, 4.69) is 6.58 Å². The van der Waals surface area contributed by atoms with E-state index >= 15 is 0 Å². The number of cyclic esters (lactones) is 1. The normalized spacial score (nSPS) is 22.5. The molecule has 0 aliphatic carbocycles. The number of carbonyl (C=O) groups excluding carboxylic acids is 2. The first kappa shape index (κ1) is 23.6. The molecule has 0 aromatic heterocycles. The molecule has 0 aromatic carbocycles. The van der Waals surface area contributed by atoms with Gasteiger partial charge in [0.25, 0.3) is 0 Å². The second kappa shape index (κ2) is 10.8. The molecule has 0 spiro atoms. The van der Waals surface area contributed by atoms with Crippen molar-refractivity contribution in [1.82, 2.24) is 0 Å². The van der Waals surface area contributed by atoms with Crippen molar-refractivity contribution in [2.24, 2.45) is 11.8 Å². The molecule has 0 saturated carbocycles. The van der Waals surface area contributed by atoms with Crippen molar-refractivity contribution in [3.8, 4) is 0 Å². The number of carboxylic acid groups (broad SMARTS) is 1. The van der Waals surface area contributed by atoms with Gasteiger partial charge in [0.15, 0.2) is 5.78 Å². The van der Waals surface area contributed by atoms with Gasteiger partial charge in [-0.3, -0.25) is 9.59 Å². The molecule has 0 aromatic rings. The van der Waals surface area contributed by atoms with Crippen LogP contribution in [0, 0.1) is 11.8 Å². The summed E-state index contributed by atoms with van der Waals surface area (Å²) in [5, 5.41) is 29.5. The number of aliphatic carboxylic acids is 1. The zero-order valence-corrected chi connectivity index (χ0v) is 16.7. The van der Waals surface area contributed by atoms with Crippen LogP contribution in [-0.2, 0) is 19.1 Å². The largest absolute Gasteiger partial charge is 0.511 e. The number of aliphatic hydroxyl groups excluding tert-OH is 2. The van der Waals surface area contributed by atoms with Crippen LogP contribution in [0.5, 0.6) is 0 Å². The molecule has 156 valence electrons.